The van der Waals surface area contributed by atoms with Crippen LogP contribution in [0.4, 0.5) is 0 Å². The first-order valence-electron chi connectivity index (χ1n) is 7.22. The van der Waals surface area contributed by atoms with E-state index in [9.17, 15) is 23.1 Å². The van der Waals surface area contributed by atoms with E-state index in [0.29, 0.717) is 12.8 Å². The van der Waals surface area contributed by atoms with Crippen LogP contribution in [0.1, 0.15) is 46.0 Å². The molecule has 6 nitrogen and oxygen atoms in total. The number of esters is 1. The quantitative estimate of drug-likeness (QED) is 0.565. The third kappa shape index (κ3) is 3.56. The van der Waals surface area contributed by atoms with Gasteiger partial charge in [0.1, 0.15) is 0 Å². The number of ether oxygens (including phenoxy) is 1. The smallest absolute Gasteiger partial charge is 0.323 e. The second kappa shape index (κ2) is 6.77. The van der Waals surface area contributed by atoms with Crippen LogP contribution in [0.3, 0.4) is 0 Å². The third-order valence-corrected chi connectivity index (χ3v) is 6.69. The molecule has 1 N–H and O–H groups in total. The molecular formula is C14H24O6S. The number of sulfone groups is 1. The number of carbonyl (C=O) groups excluding carboxylic acids is 1. The van der Waals surface area contributed by atoms with Gasteiger partial charge in [-0.25, -0.2) is 8.42 Å². The summed E-state index contributed by atoms with van der Waals surface area (Å²) in [5, 5.41) is 9.03. The second-order valence-electron chi connectivity index (χ2n) is 5.92. The summed E-state index contributed by atoms with van der Waals surface area (Å²) in [6.07, 6.45) is 2.72. The van der Waals surface area contributed by atoms with Gasteiger partial charge in [-0.3, -0.25) is 9.59 Å². The van der Waals surface area contributed by atoms with Crippen LogP contribution in [0.5, 0.6) is 0 Å². The standard InChI is InChI=1S/C14H24O6S/c1-10(2)21(18,19)9-8-14(12(15)16,13(17)20-3)11-6-4-5-7-11/h10-11H,4-9H2,1-3H3,(H,15,16). The molecule has 1 aliphatic carbocycles. The highest BCUT2D eigenvalue weighted by atomic mass is 32.2. The summed E-state index contributed by atoms with van der Waals surface area (Å²) in [4.78, 5) is 24.0. The topological polar surface area (TPSA) is 97.7 Å². The lowest BCUT2D eigenvalue weighted by atomic mass is 9.72. The second-order valence-corrected chi connectivity index (χ2v) is 8.59. The first kappa shape index (κ1) is 17.9. The van der Waals surface area contributed by atoms with Crippen molar-refractivity contribution in [3.63, 3.8) is 0 Å². The molecule has 0 spiro atoms. The first-order chi connectivity index (χ1) is 9.68. The van der Waals surface area contributed by atoms with Crippen molar-refractivity contribution in [2.75, 3.05) is 12.9 Å². The van der Waals surface area contributed by atoms with Gasteiger partial charge in [-0.1, -0.05) is 12.8 Å². The van der Waals surface area contributed by atoms with Crippen LogP contribution in [-0.4, -0.2) is 43.6 Å². The summed E-state index contributed by atoms with van der Waals surface area (Å²) in [6, 6.07) is 0. The molecule has 0 bridgehead atoms. The van der Waals surface area contributed by atoms with Crippen LogP contribution in [0.25, 0.3) is 0 Å². The van der Waals surface area contributed by atoms with Gasteiger partial charge in [0, 0.05) is 0 Å². The summed E-state index contributed by atoms with van der Waals surface area (Å²) >= 11 is 0. The van der Waals surface area contributed by atoms with E-state index < -0.39 is 32.4 Å². The van der Waals surface area contributed by atoms with Crippen molar-refractivity contribution >= 4 is 21.8 Å². The highest BCUT2D eigenvalue weighted by molar-refractivity contribution is 7.91. The summed E-state index contributed by atoms with van der Waals surface area (Å²) < 4.78 is 28.7. The van der Waals surface area contributed by atoms with Crippen LogP contribution in [-0.2, 0) is 24.2 Å². The zero-order valence-corrected chi connectivity index (χ0v) is 13.6. The van der Waals surface area contributed by atoms with E-state index in [1.165, 1.54) is 0 Å². The molecule has 0 aromatic heterocycles. The van der Waals surface area contributed by atoms with Crippen LogP contribution in [0.2, 0.25) is 0 Å². The molecule has 1 unspecified atom stereocenters. The molecule has 1 rings (SSSR count). The average Bonchev–Trinajstić information content (AvgIpc) is 2.92. The van der Waals surface area contributed by atoms with Crippen molar-refractivity contribution in [3.8, 4) is 0 Å². The lowest BCUT2D eigenvalue weighted by molar-refractivity contribution is -0.172. The molecule has 0 aromatic rings. The van der Waals surface area contributed by atoms with E-state index in [-0.39, 0.29) is 18.1 Å². The molecule has 0 aromatic carbocycles. The molecule has 0 saturated heterocycles. The molecule has 0 heterocycles. The Balaban J connectivity index is 3.11. The Morgan fingerprint density at radius 2 is 1.81 bits per heavy atom. The van der Waals surface area contributed by atoms with Gasteiger partial charge in [0.25, 0.3) is 0 Å². The number of hydrogen-bond donors (Lipinski definition) is 1. The lowest BCUT2D eigenvalue weighted by Gasteiger charge is -2.32. The summed E-state index contributed by atoms with van der Waals surface area (Å²) in [7, 11) is -2.26. The molecule has 122 valence electrons. The highest BCUT2D eigenvalue weighted by Gasteiger charge is 2.54. The summed E-state index contributed by atoms with van der Waals surface area (Å²) in [5.41, 5.74) is -1.74. The maximum Gasteiger partial charge on any atom is 0.323 e. The van der Waals surface area contributed by atoms with E-state index in [4.69, 9.17) is 4.74 Å². The van der Waals surface area contributed by atoms with E-state index in [0.717, 1.165) is 20.0 Å². The Kier molecular flexibility index (Phi) is 5.78. The SMILES string of the molecule is COC(=O)C(CCS(=O)(=O)C(C)C)(C(=O)O)C1CCCC1. The van der Waals surface area contributed by atoms with E-state index >= 15 is 0 Å². The largest absolute Gasteiger partial charge is 0.480 e. The predicted molar refractivity (Wildman–Crippen MR) is 77.6 cm³/mol. The predicted octanol–water partition coefficient (Wildman–Crippen LogP) is 1.63. The number of methoxy groups -OCH3 is 1. The summed E-state index contributed by atoms with van der Waals surface area (Å²) in [6.45, 7) is 3.09. The Morgan fingerprint density at radius 1 is 1.29 bits per heavy atom. The van der Waals surface area contributed by atoms with Crippen LogP contribution < -0.4 is 0 Å². The van der Waals surface area contributed by atoms with Crippen molar-refractivity contribution in [1.29, 1.82) is 0 Å². The van der Waals surface area contributed by atoms with E-state index in [2.05, 4.69) is 0 Å². The minimum atomic E-state index is -3.41. The minimum absolute atomic E-state index is 0.222. The molecule has 0 aliphatic heterocycles. The van der Waals surface area contributed by atoms with Gasteiger partial charge in [-0.05, 0) is 39.0 Å². The molecule has 21 heavy (non-hydrogen) atoms. The van der Waals surface area contributed by atoms with Crippen molar-refractivity contribution in [1.82, 2.24) is 0 Å². The third-order valence-electron chi connectivity index (χ3n) is 4.48. The average molecular weight is 320 g/mol. The zero-order chi connectivity index (χ0) is 16.3. The van der Waals surface area contributed by atoms with Gasteiger partial charge in [0.15, 0.2) is 15.3 Å². The van der Waals surface area contributed by atoms with Crippen LogP contribution >= 0.6 is 0 Å². The molecule has 1 aliphatic rings. The van der Waals surface area contributed by atoms with Gasteiger partial charge in [0.05, 0.1) is 18.1 Å². The zero-order valence-electron chi connectivity index (χ0n) is 12.8. The fourth-order valence-electron chi connectivity index (χ4n) is 2.98. The normalized spacial score (nSPS) is 19.4. The number of carbonyl (C=O) groups is 2. The number of carboxylic acids is 1. The van der Waals surface area contributed by atoms with Gasteiger partial charge in [0.2, 0.25) is 0 Å². The van der Waals surface area contributed by atoms with Crippen molar-refractivity contribution in [2.45, 2.75) is 51.2 Å². The molecule has 1 saturated carbocycles. The fraction of sp³-hybridized carbons (Fsp3) is 0.857. The fourth-order valence-corrected chi connectivity index (χ4v) is 4.06. The highest BCUT2D eigenvalue weighted by Crippen LogP contribution is 2.44. The number of aliphatic carboxylic acids is 1. The van der Waals surface area contributed by atoms with Gasteiger partial charge >= 0.3 is 11.9 Å². The molecule has 1 fully saturated rings. The van der Waals surface area contributed by atoms with Crippen molar-refractivity contribution < 1.29 is 27.9 Å². The number of rotatable bonds is 7. The van der Waals surface area contributed by atoms with Gasteiger partial charge in [-0.15, -0.1) is 0 Å². The Hall–Kier alpha value is -1.11. The van der Waals surface area contributed by atoms with Crippen molar-refractivity contribution in [2.24, 2.45) is 11.3 Å². The maximum atomic E-state index is 12.2. The molecule has 7 heteroatoms. The first-order valence-corrected chi connectivity index (χ1v) is 8.93. The van der Waals surface area contributed by atoms with Crippen LogP contribution in [0, 0.1) is 11.3 Å². The Morgan fingerprint density at radius 3 is 2.19 bits per heavy atom. The Bertz CT molecular complexity index is 490. The minimum Gasteiger partial charge on any atom is -0.480 e. The summed E-state index contributed by atoms with van der Waals surface area (Å²) in [5.74, 6) is -2.78. The molecular weight excluding hydrogens is 296 g/mol. The van der Waals surface area contributed by atoms with Crippen LogP contribution in [0.15, 0.2) is 0 Å². The maximum absolute atomic E-state index is 12.2. The van der Waals surface area contributed by atoms with E-state index in [1.807, 2.05) is 0 Å². The van der Waals surface area contributed by atoms with Gasteiger partial charge < -0.3 is 9.84 Å². The number of carboxylic acid groups (broad SMARTS) is 1. The molecule has 1 atom stereocenters. The van der Waals surface area contributed by atoms with E-state index in [1.54, 1.807) is 13.8 Å². The Labute approximate surface area is 125 Å². The molecule has 0 radical (unpaired) electrons. The monoisotopic (exact) mass is 320 g/mol. The molecule has 0 amide bonds. The number of hydrogen-bond acceptors (Lipinski definition) is 5. The lowest BCUT2D eigenvalue weighted by Crippen LogP contribution is -2.47. The van der Waals surface area contributed by atoms with Crippen molar-refractivity contribution in [3.05, 3.63) is 0 Å². The van der Waals surface area contributed by atoms with Gasteiger partial charge in [-0.2, -0.15) is 0 Å².